The monoisotopic (exact) mass is 398 g/mol. The number of aromatic nitrogens is 2. The number of hydrogen-bond acceptors (Lipinski definition) is 4. The lowest BCUT2D eigenvalue weighted by molar-refractivity contribution is 0.125. The third-order valence-electron chi connectivity index (χ3n) is 6.08. The minimum atomic E-state index is -0.0339. The molecule has 1 aliphatic rings. The quantitative estimate of drug-likeness (QED) is 0.521. The number of piperazine rings is 1. The normalized spacial score (nSPS) is 16.7. The SMILES string of the molecule is CN1CCN([C@H](c2ccccn2)c2c(-c3ccccc3)n(O)c3ccccc23)CC1. The van der Waals surface area contributed by atoms with Crippen molar-refractivity contribution in [3.63, 3.8) is 0 Å². The van der Waals surface area contributed by atoms with Gasteiger partial charge in [-0.15, -0.1) is 0 Å². The molecule has 0 aliphatic carbocycles. The second kappa shape index (κ2) is 7.94. The fourth-order valence-corrected chi connectivity index (χ4v) is 4.53. The Labute approximate surface area is 176 Å². The van der Waals surface area contributed by atoms with Gasteiger partial charge >= 0.3 is 0 Å². The van der Waals surface area contributed by atoms with Crippen LogP contribution in [-0.2, 0) is 0 Å². The van der Waals surface area contributed by atoms with Crippen molar-refractivity contribution in [2.24, 2.45) is 0 Å². The van der Waals surface area contributed by atoms with E-state index in [9.17, 15) is 5.21 Å². The van der Waals surface area contributed by atoms with Gasteiger partial charge in [-0.25, -0.2) is 0 Å². The Morgan fingerprint density at radius 1 is 0.833 bits per heavy atom. The molecule has 1 N–H and O–H groups in total. The van der Waals surface area contributed by atoms with Crippen LogP contribution in [0.3, 0.4) is 0 Å². The van der Waals surface area contributed by atoms with Gasteiger partial charge < -0.3 is 10.1 Å². The van der Waals surface area contributed by atoms with Crippen molar-refractivity contribution in [2.75, 3.05) is 33.2 Å². The number of nitrogens with zero attached hydrogens (tertiary/aromatic N) is 4. The highest BCUT2D eigenvalue weighted by atomic mass is 16.5. The molecular formula is C25H26N4O. The maximum Gasteiger partial charge on any atom is 0.0930 e. The van der Waals surface area contributed by atoms with Gasteiger partial charge in [0.15, 0.2) is 0 Å². The molecule has 152 valence electrons. The molecule has 2 aromatic carbocycles. The van der Waals surface area contributed by atoms with E-state index in [1.54, 1.807) is 0 Å². The van der Waals surface area contributed by atoms with E-state index in [1.165, 1.54) is 4.73 Å². The molecule has 1 aliphatic heterocycles. The fraction of sp³-hybridized carbons (Fsp3) is 0.240. The summed E-state index contributed by atoms with van der Waals surface area (Å²) in [5, 5.41) is 12.3. The summed E-state index contributed by atoms with van der Waals surface area (Å²) in [6, 6.07) is 24.3. The second-order valence-electron chi connectivity index (χ2n) is 7.95. The van der Waals surface area contributed by atoms with Crippen molar-refractivity contribution in [3.05, 3.63) is 90.3 Å². The van der Waals surface area contributed by atoms with Gasteiger partial charge in [0.05, 0.1) is 22.9 Å². The van der Waals surface area contributed by atoms with Crippen LogP contribution < -0.4 is 0 Å². The predicted octanol–water partition coefficient (Wildman–Crippen LogP) is 4.28. The lowest BCUT2D eigenvalue weighted by Crippen LogP contribution is -2.46. The number of benzene rings is 2. The first kappa shape index (κ1) is 18.9. The third kappa shape index (κ3) is 3.26. The van der Waals surface area contributed by atoms with Crippen LogP contribution in [0.25, 0.3) is 22.2 Å². The van der Waals surface area contributed by atoms with E-state index in [1.807, 2.05) is 54.7 Å². The number of fused-ring (bicyclic) bond motifs is 1. The van der Waals surface area contributed by atoms with Crippen LogP contribution in [0.4, 0.5) is 0 Å². The summed E-state index contributed by atoms with van der Waals surface area (Å²) in [4.78, 5) is 9.61. The largest absolute Gasteiger partial charge is 0.428 e. The first-order chi connectivity index (χ1) is 14.7. The first-order valence-electron chi connectivity index (χ1n) is 10.5. The van der Waals surface area contributed by atoms with Gasteiger partial charge in [0, 0.05) is 48.9 Å². The van der Waals surface area contributed by atoms with Crippen LogP contribution in [0.15, 0.2) is 79.0 Å². The lowest BCUT2D eigenvalue weighted by Gasteiger charge is -2.38. The molecule has 0 amide bonds. The third-order valence-corrected chi connectivity index (χ3v) is 6.08. The van der Waals surface area contributed by atoms with E-state index in [-0.39, 0.29) is 6.04 Å². The zero-order valence-electron chi connectivity index (χ0n) is 17.1. The van der Waals surface area contributed by atoms with Gasteiger partial charge in [-0.2, -0.15) is 4.73 Å². The topological polar surface area (TPSA) is 44.5 Å². The van der Waals surface area contributed by atoms with Gasteiger partial charge in [0.25, 0.3) is 0 Å². The van der Waals surface area contributed by atoms with E-state index in [0.29, 0.717) is 0 Å². The molecule has 5 heteroatoms. The second-order valence-corrected chi connectivity index (χ2v) is 7.95. The molecule has 2 aromatic heterocycles. The number of pyridine rings is 1. The molecule has 0 saturated carbocycles. The Bertz CT molecular complexity index is 1130. The van der Waals surface area contributed by atoms with Gasteiger partial charge in [-0.1, -0.05) is 54.6 Å². The highest BCUT2D eigenvalue weighted by Gasteiger charge is 2.32. The zero-order valence-corrected chi connectivity index (χ0v) is 17.1. The van der Waals surface area contributed by atoms with E-state index in [2.05, 4.69) is 41.1 Å². The summed E-state index contributed by atoms with van der Waals surface area (Å²) in [5.74, 6) is 0. The van der Waals surface area contributed by atoms with Crippen LogP contribution in [-0.4, -0.2) is 57.9 Å². The van der Waals surface area contributed by atoms with E-state index in [4.69, 9.17) is 4.98 Å². The fourth-order valence-electron chi connectivity index (χ4n) is 4.53. The number of hydrogen-bond donors (Lipinski definition) is 1. The standard InChI is InChI=1S/C25H26N4O/c1-27-15-17-28(18-16-27)25(21-12-7-8-14-26-21)23-20-11-5-6-13-22(20)29(30)24(23)19-9-3-2-4-10-19/h2-14,25,30H,15-18H2,1H3/t25-/m1/s1. The van der Waals surface area contributed by atoms with Crippen LogP contribution in [0.1, 0.15) is 17.3 Å². The van der Waals surface area contributed by atoms with Crippen LogP contribution in [0, 0.1) is 0 Å². The van der Waals surface area contributed by atoms with Gasteiger partial charge in [-0.05, 0) is 25.2 Å². The summed E-state index contributed by atoms with van der Waals surface area (Å²) >= 11 is 0. The average Bonchev–Trinajstić information content (AvgIpc) is 3.09. The Hall–Kier alpha value is -3.15. The van der Waals surface area contributed by atoms with Gasteiger partial charge in [-0.3, -0.25) is 9.88 Å². The highest BCUT2D eigenvalue weighted by Crippen LogP contribution is 2.41. The van der Waals surface area contributed by atoms with Crippen molar-refractivity contribution in [1.82, 2.24) is 19.5 Å². The minimum absolute atomic E-state index is 0.0339. The number of likely N-dealkylation sites (N-methyl/N-ethyl adjacent to an activating group) is 1. The van der Waals surface area contributed by atoms with E-state index < -0.39 is 0 Å². The van der Waals surface area contributed by atoms with Crippen LogP contribution >= 0.6 is 0 Å². The zero-order chi connectivity index (χ0) is 20.5. The molecule has 30 heavy (non-hydrogen) atoms. The molecule has 0 spiro atoms. The molecule has 0 bridgehead atoms. The summed E-state index contributed by atoms with van der Waals surface area (Å²) in [5.41, 5.74) is 4.78. The predicted molar refractivity (Wildman–Crippen MR) is 120 cm³/mol. The minimum Gasteiger partial charge on any atom is -0.428 e. The van der Waals surface area contributed by atoms with Crippen LogP contribution in [0.5, 0.6) is 0 Å². The first-order valence-corrected chi connectivity index (χ1v) is 10.5. The van der Waals surface area contributed by atoms with Crippen LogP contribution in [0.2, 0.25) is 0 Å². The average molecular weight is 399 g/mol. The molecule has 4 aromatic rings. The van der Waals surface area contributed by atoms with Crippen molar-refractivity contribution in [1.29, 1.82) is 0 Å². The molecule has 1 saturated heterocycles. The summed E-state index contributed by atoms with van der Waals surface area (Å²) in [7, 11) is 2.17. The molecular weight excluding hydrogens is 372 g/mol. The molecule has 1 atom stereocenters. The summed E-state index contributed by atoms with van der Waals surface area (Å²) in [6.07, 6.45) is 1.86. The molecule has 5 rings (SSSR count). The molecule has 0 unspecified atom stereocenters. The maximum atomic E-state index is 11.2. The molecule has 1 fully saturated rings. The van der Waals surface area contributed by atoms with Crippen molar-refractivity contribution < 1.29 is 5.21 Å². The lowest BCUT2D eigenvalue weighted by atomic mass is 9.94. The van der Waals surface area contributed by atoms with Crippen molar-refractivity contribution >= 4 is 10.9 Å². The van der Waals surface area contributed by atoms with E-state index >= 15 is 0 Å². The van der Waals surface area contributed by atoms with E-state index in [0.717, 1.165) is 59.6 Å². The molecule has 3 heterocycles. The number of rotatable bonds is 4. The maximum absolute atomic E-state index is 11.2. The van der Waals surface area contributed by atoms with Gasteiger partial charge in [0.2, 0.25) is 0 Å². The van der Waals surface area contributed by atoms with Gasteiger partial charge in [0.1, 0.15) is 0 Å². The molecule has 5 nitrogen and oxygen atoms in total. The number of para-hydroxylation sites is 1. The molecule has 0 radical (unpaired) electrons. The summed E-state index contributed by atoms with van der Waals surface area (Å²) in [6.45, 7) is 3.94. The Kier molecular flexibility index (Phi) is 4.99. The highest BCUT2D eigenvalue weighted by molar-refractivity contribution is 5.92. The Morgan fingerprint density at radius 2 is 1.53 bits per heavy atom. The Balaban J connectivity index is 1.78. The summed E-state index contributed by atoms with van der Waals surface area (Å²) < 4.78 is 1.35. The Morgan fingerprint density at radius 3 is 2.27 bits per heavy atom. The van der Waals surface area contributed by atoms with Crippen molar-refractivity contribution in [3.8, 4) is 11.3 Å². The van der Waals surface area contributed by atoms with Crippen molar-refractivity contribution in [2.45, 2.75) is 6.04 Å². The smallest absolute Gasteiger partial charge is 0.0930 e.